The van der Waals surface area contributed by atoms with Gasteiger partial charge in [0, 0.05) is 13.1 Å². The fourth-order valence-corrected chi connectivity index (χ4v) is 2.19. The van der Waals surface area contributed by atoms with Gasteiger partial charge in [0.05, 0.1) is 17.6 Å². The summed E-state index contributed by atoms with van der Waals surface area (Å²) in [7, 11) is 0. The Morgan fingerprint density at radius 1 is 1.61 bits per heavy atom. The van der Waals surface area contributed by atoms with Crippen molar-refractivity contribution in [3.05, 3.63) is 28.3 Å². The number of ether oxygens (including phenoxy) is 1. The van der Waals surface area contributed by atoms with E-state index >= 15 is 0 Å². The monoisotopic (exact) mass is 251 g/mol. The third-order valence-corrected chi connectivity index (χ3v) is 3.16. The molecule has 6 nitrogen and oxygen atoms in total. The largest absolute Gasteiger partial charge is 0.393 e. The summed E-state index contributed by atoms with van der Waals surface area (Å²) in [4.78, 5) is 12.7. The molecule has 1 aliphatic heterocycles. The average Bonchev–Trinajstić information content (AvgIpc) is 2.38. The SMILES string of the molecule is CCC1CN(c2cccc(N)c2[N+](=O)[O-])CCO1. The minimum absolute atomic E-state index is 0.00532. The summed E-state index contributed by atoms with van der Waals surface area (Å²) in [6.07, 6.45) is 1.02. The molecule has 0 spiro atoms. The molecule has 2 rings (SSSR count). The number of nitro groups is 1. The van der Waals surface area contributed by atoms with Crippen LogP contribution in [0.1, 0.15) is 13.3 Å². The Morgan fingerprint density at radius 3 is 3.06 bits per heavy atom. The zero-order valence-corrected chi connectivity index (χ0v) is 10.3. The summed E-state index contributed by atoms with van der Waals surface area (Å²) in [6.45, 7) is 3.95. The molecule has 98 valence electrons. The minimum atomic E-state index is -0.416. The van der Waals surface area contributed by atoms with Gasteiger partial charge < -0.3 is 15.4 Å². The first-order chi connectivity index (χ1) is 8.63. The number of benzene rings is 1. The van der Waals surface area contributed by atoms with E-state index in [2.05, 4.69) is 0 Å². The zero-order chi connectivity index (χ0) is 13.1. The topological polar surface area (TPSA) is 81.6 Å². The fraction of sp³-hybridized carbons (Fsp3) is 0.500. The third-order valence-electron chi connectivity index (χ3n) is 3.16. The number of morpholine rings is 1. The third kappa shape index (κ3) is 2.38. The number of nitrogens with zero attached hydrogens (tertiary/aromatic N) is 2. The number of rotatable bonds is 3. The summed E-state index contributed by atoms with van der Waals surface area (Å²) < 4.78 is 5.57. The van der Waals surface area contributed by atoms with E-state index in [1.54, 1.807) is 18.2 Å². The molecule has 0 bridgehead atoms. The molecular weight excluding hydrogens is 234 g/mol. The highest BCUT2D eigenvalue weighted by Gasteiger charge is 2.26. The van der Waals surface area contributed by atoms with Gasteiger partial charge in [0.2, 0.25) is 0 Å². The Balaban J connectivity index is 2.32. The highest BCUT2D eigenvalue weighted by Crippen LogP contribution is 2.34. The summed E-state index contributed by atoms with van der Waals surface area (Å²) >= 11 is 0. The number of nitrogen functional groups attached to an aromatic ring is 1. The van der Waals surface area contributed by atoms with Crippen LogP contribution in [0.5, 0.6) is 0 Å². The van der Waals surface area contributed by atoms with Gasteiger partial charge in [0.15, 0.2) is 0 Å². The number of anilines is 2. The van der Waals surface area contributed by atoms with E-state index in [1.807, 2.05) is 11.8 Å². The van der Waals surface area contributed by atoms with Crippen molar-refractivity contribution in [2.45, 2.75) is 19.4 Å². The van der Waals surface area contributed by atoms with Crippen LogP contribution in [0.4, 0.5) is 17.1 Å². The smallest absolute Gasteiger partial charge is 0.315 e. The molecular formula is C12H17N3O3. The van der Waals surface area contributed by atoms with Crippen molar-refractivity contribution in [2.75, 3.05) is 30.3 Å². The molecule has 1 heterocycles. The molecule has 0 amide bonds. The summed E-state index contributed by atoms with van der Waals surface area (Å²) in [5.74, 6) is 0. The molecule has 0 aliphatic carbocycles. The molecule has 1 fully saturated rings. The molecule has 1 atom stereocenters. The number of nitrogens with two attached hydrogens (primary N) is 1. The van der Waals surface area contributed by atoms with Gasteiger partial charge in [-0.15, -0.1) is 0 Å². The molecule has 0 radical (unpaired) electrons. The van der Waals surface area contributed by atoms with E-state index in [0.717, 1.165) is 6.42 Å². The maximum atomic E-state index is 11.1. The first-order valence-corrected chi connectivity index (χ1v) is 6.03. The van der Waals surface area contributed by atoms with Crippen LogP contribution in [0.15, 0.2) is 18.2 Å². The van der Waals surface area contributed by atoms with Crippen LogP contribution < -0.4 is 10.6 Å². The van der Waals surface area contributed by atoms with E-state index in [1.165, 1.54) is 0 Å². The van der Waals surface area contributed by atoms with Gasteiger partial charge in [0.25, 0.3) is 0 Å². The first kappa shape index (κ1) is 12.6. The van der Waals surface area contributed by atoms with Gasteiger partial charge in [-0.25, -0.2) is 0 Å². The van der Waals surface area contributed by atoms with Crippen molar-refractivity contribution in [3.8, 4) is 0 Å². The van der Waals surface area contributed by atoms with Gasteiger partial charge in [-0.1, -0.05) is 13.0 Å². The Bertz CT molecular complexity index is 450. The molecule has 2 N–H and O–H groups in total. The number of nitro benzene ring substituents is 1. The van der Waals surface area contributed by atoms with E-state index in [4.69, 9.17) is 10.5 Å². The second-order valence-corrected chi connectivity index (χ2v) is 4.32. The zero-order valence-electron chi connectivity index (χ0n) is 10.3. The van der Waals surface area contributed by atoms with Gasteiger partial charge in [-0.05, 0) is 18.6 Å². The molecule has 0 aromatic heterocycles. The standard InChI is InChI=1S/C12H17N3O3/c1-2-9-8-14(6-7-18-9)11-5-3-4-10(13)12(11)15(16)17/h3-5,9H,2,6-8,13H2,1H3. The number of hydrogen-bond acceptors (Lipinski definition) is 5. The van der Waals surface area contributed by atoms with Crippen molar-refractivity contribution in [1.29, 1.82) is 0 Å². The Labute approximate surface area is 105 Å². The maximum absolute atomic E-state index is 11.1. The predicted octanol–water partition coefficient (Wildman–Crippen LogP) is 1.79. The minimum Gasteiger partial charge on any atom is -0.393 e. The van der Waals surface area contributed by atoms with Crippen molar-refractivity contribution < 1.29 is 9.66 Å². The van der Waals surface area contributed by atoms with Crippen LogP contribution in [0, 0.1) is 10.1 Å². The van der Waals surface area contributed by atoms with Crippen molar-refractivity contribution in [3.63, 3.8) is 0 Å². The second-order valence-electron chi connectivity index (χ2n) is 4.32. The van der Waals surface area contributed by atoms with Gasteiger partial charge in [-0.2, -0.15) is 0 Å². The normalized spacial score (nSPS) is 19.8. The lowest BCUT2D eigenvalue weighted by molar-refractivity contribution is -0.383. The Morgan fingerprint density at radius 2 is 2.39 bits per heavy atom. The van der Waals surface area contributed by atoms with Crippen molar-refractivity contribution in [1.82, 2.24) is 0 Å². The van der Waals surface area contributed by atoms with Crippen LogP contribution in [-0.2, 0) is 4.74 Å². The lowest BCUT2D eigenvalue weighted by Gasteiger charge is -2.33. The van der Waals surface area contributed by atoms with Crippen LogP contribution in [-0.4, -0.2) is 30.7 Å². The molecule has 1 unspecified atom stereocenters. The molecule has 1 aromatic rings. The van der Waals surface area contributed by atoms with E-state index in [0.29, 0.717) is 25.4 Å². The molecule has 1 saturated heterocycles. The first-order valence-electron chi connectivity index (χ1n) is 6.03. The van der Waals surface area contributed by atoms with Crippen LogP contribution in [0.2, 0.25) is 0 Å². The van der Waals surface area contributed by atoms with E-state index in [9.17, 15) is 10.1 Å². The van der Waals surface area contributed by atoms with Crippen molar-refractivity contribution >= 4 is 17.1 Å². The van der Waals surface area contributed by atoms with E-state index in [-0.39, 0.29) is 17.5 Å². The van der Waals surface area contributed by atoms with Gasteiger partial charge in [0.1, 0.15) is 11.4 Å². The number of hydrogen-bond donors (Lipinski definition) is 1. The molecule has 6 heteroatoms. The Kier molecular flexibility index (Phi) is 3.66. The summed E-state index contributed by atoms with van der Waals surface area (Å²) in [5, 5.41) is 11.1. The molecule has 0 saturated carbocycles. The quantitative estimate of drug-likeness (QED) is 0.503. The Hall–Kier alpha value is -1.82. The lowest BCUT2D eigenvalue weighted by atomic mass is 10.1. The average molecular weight is 251 g/mol. The maximum Gasteiger partial charge on any atom is 0.315 e. The van der Waals surface area contributed by atoms with Crippen molar-refractivity contribution in [2.24, 2.45) is 0 Å². The van der Waals surface area contributed by atoms with E-state index < -0.39 is 4.92 Å². The predicted molar refractivity (Wildman–Crippen MR) is 69.8 cm³/mol. The van der Waals surface area contributed by atoms with Crippen LogP contribution in [0.25, 0.3) is 0 Å². The van der Waals surface area contributed by atoms with Crippen LogP contribution >= 0.6 is 0 Å². The summed E-state index contributed by atoms with van der Waals surface area (Å²) in [6, 6.07) is 5.04. The lowest BCUT2D eigenvalue weighted by Crippen LogP contribution is -2.42. The highest BCUT2D eigenvalue weighted by atomic mass is 16.6. The second kappa shape index (κ2) is 5.22. The molecule has 1 aromatic carbocycles. The summed E-state index contributed by atoms with van der Waals surface area (Å²) in [5.41, 5.74) is 6.48. The van der Waals surface area contributed by atoms with Gasteiger partial charge in [-0.3, -0.25) is 10.1 Å². The van der Waals surface area contributed by atoms with Gasteiger partial charge >= 0.3 is 5.69 Å². The molecule has 18 heavy (non-hydrogen) atoms. The fourth-order valence-electron chi connectivity index (χ4n) is 2.19. The highest BCUT2D eigenvalue weighted by molar-refractivity contribution is 5.75. The van der Waals surface area contributed by atoms with Crippen LogP contribution in [0.3, 0.4) is 0 Å². The molecule has 1 aliphatic rings. The number of para-hydroxylation sites is 1.